The SMILES string of the molecule is O=COC1/C=C\CCCCCC1. The van der Waals surface area contributed by atoms with Crippen LogP contribution < -0.4 is 0 Å². The van der Waals surface area contributed by atoms with Gasteiger partial charge in [0, 0.05) is 0 Å². The molecule has 0 saturated carbocycles. The summed E-state index contributed by atoms with van der Waals surface area (Å²) in [6.45, 7) is 0.549. The minimum atomic E-state index is 0.0283. The Kier molecular flexibility index (Phi) is 4.50. The number of hydrogen-bond donors (Lipinski definition) is 0. The Morgan fingerprint density at radius 2 is 2.08 bits per heavy atom. The van der Waals surface area contributed by atoms with Gasteiger partial charge in [0.25, 0.3) is 6.47 Å². The van der Waals surface area contributed by atoms with Crippen molar-refractivity contribution >= 4 is 6.47 Å². The second-order valence-electron chi connectivity index (χ2n) is 3.19. The third-order valence-electron chi connectivity index (χ3n) is 2.19. The van der Waals surface area contributed by atoms with Crippen LogP contribution in [0.3, 0.4) is 0 Å². The van der Waals surface area contributed by atoms with Gasteiger partial charge < -0.3 is 4.74 Å². The van der Waals surface area contributed by atoms with Crippen molar-refractivity contribution < 1.29 is 9.53 Å². The molecule has 0 aromatic rings. The molecule has 0 amide bonds. The monoisotopic (exact) mass is 168 g/mol. The Hall–Kier alpha value is -0.790. The van der Waals surface area contributed by atoms with Gasteiger partial charge in [-0.25, -0.2) is 0 Å². The minimum Gasteiger partial charge on any atom is -0.460 e. The Morgan fingerprint density at radius 3 is 2.92 bits per heavy atom. The van der Waals surface area contributed by atoms with Crippen LogP contribution in [0.15, 0.2) is 12.2 Å². The lowest BCUT2D eigenvalue weighted by molar-refractivity contribution is -0.131. The van der Waals surface area contributed by atoms with Crippen molar-refractivity contribution in [3.05, 3.63) is 12.2 Å². The number of carbonyl (C=O) groups is 1. The topological polar surface area (TPSA) is 26.3 Å². The normalized spacial score (nSPS) is 27.8. The molecule has 0 N–H and O–H groups in total. The first-order valence-corrected chi connectivity index (χ1v) is 4.69. The van der Waals surface area contributed by atoms with E-state index in [1.165, 1.54) is 25.7 Å². The summed E-state index contributed by atoms with van der Waals surface area (Å²) in [4.78, 5) is 10.1. The summed E-state index contributed by atoms with van der Waals surface area (Å²) in [5.74, 6) is 0. The van der Waals surface area contributed by atoms with E-state index in [4.69, 9.17) is 4.74 Å². The highest BCUT2D eigenvalue weighted by molar-refractivity contribution is 5.38. The number of ether oxygens (including phenoxy) is 1. The Balaban J connectivity index is 2.35. The fourth-order valence-electron chi connectivity index (χ4n) is 1.49. The lowest BCUT2D eigenvalue weighted by Gasteiger charge is -2.08. The highest BCUT2D eigenvalue weighted by Crippen LogP contribution is 2.13. The molecule has 1 rings (SSSR count). The molecule has 2 heteroatoms. The van der Waals surface area contributed by atoms with Crippen molar-refractivity contribution in [1.82, 2.24) is 0 Å². The number of hydrogen-bond acceptors (Lipinski definition) is 2. The summed E-state index contributed by atoms with van der Waals surface area (Å²) in [7, 11) is 0. The fourth-order valence-corrected chi connectivity index (χ4v) is 1.49. The van der Waals surface area contributed by atoms with Crippen LogP contribution >= 0.6 is 0 Å². The van der Waals surface area contributed by atoms with Gasteiger partial charge in [-0.3, -0.25) is 4.79 Å². The van der Waals surface area contributed by atoms with Crippen LogP contribution in [-0.4, -0.2) is 12.6 Å². The Morgan fingerprint density at radius 1 is 1.25 bits per heavy atom. The summed E-state index contributed by atoms with van der Waals surface area (Å²) in [6, 6.07) is 0. The highest BCUT2D eigenvalue weighted by Gasteiger charge is 2.05. The van der Waals surface area contributed by atoms with Gasteiger partial charge in [0.15, 0.2) is 0 Å². The summed E-state index contributed by atoms with van der Waals surface area (Å²) in [5.41, 5.74) is 0. The molecule has 1 atom stereocenters. The van der Waals surface area contributed by atoms with Gasteiger partial charge in [0.05, 0.1) is 0 Å². The molecule has 2 nitrogen and oxygen atoms in total. The van der Waals surface area contributed by atoms with E-state index in [1.54, 1.807) is 0 Å². The van der Waals surface area contributed by atoms with Crippen LogP contribution in [0, 0.1) is 0 Å². The molecule has 0 saturated heterocycles. The molecule has 0 spiro atoms. The lowest BCUT2D eigenvalue weighted by Crippen LogP contribution is -2.07. The highest BCUT2D eigenvalue weighted by atomic mass is 16.5. The Bertz CT molecular complexity index is 152. The third kappa shape index (κ3) is 3.56. The van der Waals surface area contributed by atoms with Gasteiger partial charge in [-0.2, -0.15) is 0 Å². The molecule has 1 aliphatic rings. The zero-order valence-corrected chi connectivity index (χ0v) is 7.37. The van der Waals surface area contributed by atoms with E-state index in [0.717, 1.165) is 12.8 Å². The van der Waals surface area contributed by atoms with E-state index in [0.29, 0.717) is 6.47 Å². The van der Waals surface area contributed by atoms with Crippen molar-refractivity contribution in [2.45, 2.75) is 44.6 Å². The molecule has 0 radical (unpaired) electrons. The van der Waals surface area contributed by atoms with Crippen LogP contribution in [0.4, 0.5) is 0 Å². The van der Waals surface area contributed by atoms with Gasteiger partial charge in [-0.15, -0.1) is 0 Å². The molecule has 0 fully saturated rings. The lowest BCUT2D eigenvalue weighted by atomic mass is 10.1. The van der Waals surface area contributed by atoms with Crippen LogP contribution in [0.25, 0.3) is 0 Å². The van der Waals surface area contributed by atoms with E-state index in [-0.39, 0.29) is 6.10 Å². The molecule has 12 heavy (non-hydrogen) atoms. The van der Waals surface area contributed by atoms with Crippen molar-refractivity contribution in [3.8, 4) is 0 Å². The molecular weight excluding hydrogens is 152 g/mol. The molecule has 1 aliphatic carbocycles. The first kappa shape index (κ1) is 9.30. The summed E-state index contributed by atoms with van der Waals surface area (Å²) in [6.07, 6.45) is 11.3. The predicted molar refractivity (Wildman–Crippen MR) is 47.8 cm³/mol. The molecular formula is C10H16O2. The summed E-state index contributed by atoms with van der Waals surface area (Å²) in [5, 5.41) is 0. The maximum absolute atomic E-state index is 10.1. The number of rotatable bonds is 2. The Labute approximate surface area is 73.6 Å². The first-order valence-electron chi connectivity index (χ1n) is 4.69. The molecule has 0 aliphatic heterocycles. The van der Waals surface area contributed by atoms with Crippen molar-refractivity contribution in [3.63, 3.8) is 0 Å². The molecule has 0 heterocycles. The van der Waals surface area contributed by atoms with Crippen molar-refractivity contribution in [2.75, 3.05) is 0 Å². The second-order valence-corrected chi connectivity index (χ2v) is 3.19. The largest absolute Gasteiger partial charge is 0.460 e. The van der Waals surface area contributed by atoms with Gasteiger partial charge in [0.2, 0.25) is 0 Å². The minimum absolute atomic E-state index is 0.0283. The zero-order chi connectivity index (χ0) is 8.65. The van der Waals surface area contributed by atoms with E-state index in [9.17, 15) is 4.79 Å². The summed E-state index contributed by atoms with van der Waals surface area (Å²) < 4.78 is 4.91. The third-order valence-corrected chi connectivity index (χ3v) is 2.19. The van der Waals surface area contributed by atoms with Crippen LogP contribution in [0.2, 0.25) is 0 Å². The van der Waals surface area contributed by atoms with E-state index in [2.05, 4.69) is 6.08 Å². The standard InChI is InChI=1S/C10H16O2/c11-9-12-10-7-5-3-1-2-4-6-8-10/h5,7,9-10H,1-4,6,8H2/b7-5-. The predicted octanol–water partition coefficient (Wildman–Crippen LogP) is 2.44. The van der Waals surface area contributed by atoms with Crippen molar-refractivity contribution in [2.24, 2.45) is 0 Å². The average Bonchev–Trinajstić information content (AvgIpc) is 2.19. The molecule has 68 valence electrons. The second kappa shape index (κ2) is 5.81. The van der Waals surface area contributed by atoms with Crippen LogP contribution in [0.1, 0.15) is 38.5 Å². The van der Waals surface area contributed by atoms with Crippen LogP contribution in [-0.2, 0) is 9.53 Å². The number of allylic oxidation sites excluding steroid dienone is 1. The van der Waals surface area contributed by atoms with Gasteiger partial charge in [0.1, 0.15) is 6.10 Å². The molecule has 0 aromatic heterocycles. The van der Waals surface area contributed by atoms with E-state index in [1.807, 2.05) is 6.08 Å². The average molecular weight is 168 g/mol. The number of carbonyl (C=O) groups excluding carboxylic acids is 1. The first-order chi connectivity index (χ1) is 5.93. The van der Waals surface area contributed by atoms with Crippen LogP contribution in [0.5, 0.6) is 0 Å². The molecule has 1 unspecified atom stereocenters. The van der Waals surface area contributed by atoms with Gasteiger partial charge >= 0.3 is 0 Å². The van der Waals surface area contributed by atoms with Crippen molar-refractivity contribution in [1.29, 1.82) is 0 Å². The molecule has 0 bridgehead atoms. The van der Waals surface area contributed by atoms with E-state index < -0.39 is 0 Å². The smallest absolute Gasteiger partial charge is 0.293 e. The fraction of sp³-hybridized carbons (Fsp3) is 0.700. The maximum atomic E-state index is 10.1. The molecule has 0 aromatic carbocycles. The van der Waals surface area contributed by atoms with Gasteiger partial charge in [-0.1, -0.05) is 18.9 Å². The quantitative estimate of drug-likeness (QED) is 0.467. The zero-order valence-electron chi connectivity index (χ0n) is 7.37. The maximum Gasteiger partial charge on any atom is 0.293 e. The van der Waals surface area contributed by atoms with Gasteiger partial charge in [-0.05, 0) is 31.8 Å². The van der Waals surface area contributed by atoms with E-state index >= 15 is 0 Å². The summed E-state index contributed by atoms with van der Waals surface area (Å²) >= 11 is 0.